The molecule has 0 aromatic heterocycles. The van der Waals surface area contributed by atoms with Crippen LogP contribution in [0.15, 0.2) is 0 Å². The molecule has 0 heterocycles. The second kappa shape index (κ2) is 22.0. The van der Waals surface area contributed by atoms with Gasteiger partial charge in [0.2, 0.25) is 0 Å². The maximum absolute atomic E-state index is 2.26. The molecule has 0 rings (SSSR count). The van der Waals surface area contributed by atoms with E-state index in [2.05, 4.69) is 41.5 Å². The van der Waals surface area contributed by atoms with Gasteiger partial charge in [0, 0.05) is 0 Å². The fourth-order valence-electron chi connectivity index (χ4n) is 1.73. The molecular weight excluding hydrogens is 196 g/mol. The second-order valence-electron chi connectivity index (χ2n) is 4.18. The molecule has 0 aliphatic rings. The van der Waals surface area contributed by atoms with Crippen molar-refractivity contribution in [3.63, 3.8) is 0 Å². The molecule has 0 aromatic carbocycles. The average molecular weight is 228 g/mol. The molecule has 0 radical (unpaired) electrons. The molecule has 0 fully saturated rings. The van der Waals surface area contributed by atoms with Crippen molar-refractivity contribution in [3.05, 3.63) is 0 Å². The van der Waals surface area contributed by atoms with Crippen molar-refractivity contribution in [1.82, 2.24) is 0 Å². The minimum absolute atomic E-state index is 0. The minimum Gasteiger partial charge on any atom is -1.00 e. The van der Waals surface area contributed by atoms with Gasteiger partial charge in [-0.05, 0) is 0 Å². The van der Waals surface area contributed by atoms with E-state index in [4.69, 9.17) is 0 Å². The maximum Gasteiger partial charge on any atom is 1.00 e. The van der Waals surface area contributed by atoms with Crippen LogP contribution in [-0.4, -0.2) is 13.4 Å². The number of rotatable bonds is 6. The van der Waals surface area contributed by atoms with Crippen molar-refractivity contribution < 1.29 is 51.3 Å². The molecule has 0 saturated carbocycles. The molecule has 0 aliphatic heterocycles. The zero-order valence-electron chi connectivity index (χ0n) is 15.4. The van der Waals surface area contributed by atoms with Crippen molar-refractivity contribution in [2.24, 2.45) is 0 Å². The third-order valence-corrected chi connectivity index (χ3v) is 3.46. The first-order chi connectivity index (χ1) is 6.69. The van der Waals surface area contributed by atoms with Crippen LogP contribution in [0.25, 0.3) is 0 Å². The monoisotopic (exact) mass is 228 g/mol. The molecule has 0 aliphatic carbocycles. The standard InChI is InChI=1S/2C6H15B.Li.Na.2H/c2*1-4-7(5-2)6-3;;;;/h2*4-6H2,1-3H3;;;;/q;;2*+1;2*-1. The summed E-state index contributed by atoms with van der Waals surface area (Å²) in [6, 6.07) is 0. The Labute approximate surface area is 143 Å². The van der Waals surface area contributed by atoms with Gasteiger partial charge in [-0.25, -0.2) is 0 Å². The Kier molecular flexibility index (Phi) is 36.1. The minimum atomic E-state index is 0. The van der Waals surface area contributed by atoms with Gasteiger partial charge in [0.05, 0.1) is 0 Å². The maximum atomic E-state index is 2.26. The summed E-state index contributed by atoms with van der Waals surface area (Å²) in [6.07, 6.45) is 8.12. The van der Waals surface area contributed by atoms with Crippen molar-refractivity contribution in [1.29, 1.82) is 0 Å². The molecule has 0 N–H and O–H groups in total. The van der Waals surface area contributed by atoms with Crippen molar-refractivity contribution in [2.45, 2.75) is 79.5 Å². The summed E-state index contributed by atoms with van der Waals surface area (Å²) in [5, 5.41) is 0. The summed E-state index contributed by atoms with van der Waals surface area (Å²) in [7, 11) is 0. The quantitative estimate of drug-likeness (QED) is 0.528. The average Bonchev–Trinajstić information content (AvgIpc) is 2.24. The normalized spacial score (nSPS) is 7.88. The van der Waals surface area contributed by atoms with Gasteiger partial charge in [-0.3, -0.25) is 0 Å². The molecule has 0 aromatic rings. The second-order valence-corrected chi connectivity index (χ2v) is 4.18. The van der Waals surface area contributed by atoms with Gasteiger partial charge in [0.1, 0.15) is 13.4 Å². The summed E-state index contributed by atoms with van der Waals surface area (Å²) >= 11 is 0. The molecule has 0 saturated heterocycles. The van der Waals surface area contributed by atoms with Gasteiger partial charge < -0.3 is 2.85 Å². The van der Waals surface area contributed by atoms with Crippen LogP contribution in [0.2, 0.25) is 37.9 Å². The van der Waals surface area contributed by atoms with Gasteiger partial charge in [-0.15, -0.1) is 0 Å². The van der Waals surface area contributed by atoms with Crippen LogP contribution in [0.3, 0.4) is 0 Å². The summed E-state index contributed by atoms with van der Waals surface area (Å²) in [5.74, 6) is 0. The topological polar surface area (TPSA) is 0 Å². The summed E-state index contributed by atoms with van der Waals surface area (Å²) in [6.45, 7) is 15.5. The van der Waals surface area contributed by atoms with E-state index in [1.54, 1.807) is 0 Å². The largest absolute Gasteiger partial charge is 1.00 e. The van der Waals surface area contributed by atoms with Crippen LogP contribution in [0.5, 0.6) is 0 Å². The van der Waals surface area contributed by atoms with E-state index in [-0.39, 0.29) is 51.3 Å². The Hall–Kier alpha value is 1.73. The Bertz CT molecular complexity index is 83.1. The molecule has 88 valence electrons. The van der Waals surface area contributed by atoms with Gasteiger partial charge in [-0.1, -0.05) is 79.5 Å². The molecular formula is C12H32B2LiNa. The number of hydrogen-bond donors (Lipinski definition) is 0. The van der Waals surface area contributed by atoms with E-state index in [1.807, 2.05) is 0 Å². The first kappa shape index (κ1) is 26.3. The molecule has 0 amide bonds. The molecule has 0 unspecified atom stereocenters. The summed E-state index contributed by atoms with van der Waals surface area (Å²) in [4.78, 5) is 0. The predicted molar refractivity (Wildman–Crippen MR) is 76.6 cm³/mol. The molecule has 0 atom stereocenters. The Morgan fingerprint density at radius 3 is 0.688 bits per heavy atom. The summed E-state index contributed by atoms with van der Waals surface area (Å²) in [5.41, 5.74) is 0. The Balaban J connectivity index is -0.0000000327. The van der Waals surface area contributed by atoms with Gasteiger partial charge in [0.15, 0.2) is 0 Å². The predicted octanol–water partition coefficient (Wildman–Crippen LogP) is -0.685. The summed E-state index contributed by atoms with van der Waals surface area (Å²) < 4.78 is 0. The van der Waals surface area contributed by atoms with E-state index in [0.717, 1.165) is 13.4 Å². The van der Waals surface area contributed by atoms with Crippen molar-refractivity contribution in [3.8, 4) is 0 Å². The van der Waals surface area contributed by atoms with E-state index in [9.17, 15) is 0 Å². The van der Waals surface area contributed by atoms with Crippen LogP contribution >= 0.6 is 0 Å². The van der Waals surface area contributed by atoms with Crippen LogP contribution < -0.4 is 48.4 Å². The fourth-order valence-corrected chi connectivity index (χ4v) is 1.73. The molecule has 0 spiro atoms. The van der Waals surface area contributed by atoms with E-state index in [0.29, 0.717) is 0 Å². The molecule has 0 bridgehead atoms. The van der Waals surface area contributed by atoms with E-state index in [1.165, 1.54) is 37.9 Å². The van der Waals surface area contributed by atoms with Crippen LogP contribution in [0.4, 0.5) is 0 Å². The SMILES string of the molecule is CCB(CC)CC.CCB(CC)CC.[H-].[H-].[Li+].[Na+]. The molecule has 4 heteroatoms. The van der Waals surface area contributed by atoms with Gasteiger partial charge in [0.25, 0.3) is 0 Å². The molecule has 16 heavy (non-hydrogen) atoms. The first-order valence-corrected chi connectivity index (χ1v) is 6.69. The third kappa shape index (κ3) is 18.1. The Morgan fingerprint density at radius 1 is 0.562 bits per heavy atom. The van der Waals surface area contributed by atoms with Crippen molar-refractivity contribution >= 4 is 13.4 Å². The van der Waals surface area contributed by atoms with Crippen molar-refractivity contribution in [2.75, 3.05) is 0 Å². The van der Waals surface area contributed by atoms with Crippen LogP contribution in [0, 0.1) is 0 Å². The first-order valence-electron chi connectivity index (χ1n) is 6.69. The Morgan fingerprint density at radius 2 is 0.688 bits per heavy atom. The van der Waals surface area contributed by atoms with Crippen LogP contribution in [-0.2, 0) is 0 Å². The third-order valence-electron chi connectivity index (χ3n) is 3.46. The van der Waals surface area contributed by atoms with Gasteiger partial charge in [-0.2, -0.15) is 0 Å². The molecule has 0 nitrogen and oxygen atoms in total. The smallest absolute Gasteiger partial charge is 1.00 e. The fraction of sp³-hybridized carbons (Fsp3) is 1.00. The van der Waals surface area contributed by atoms with E-state index < -0.39 is 0 Å². The zero-order valence-corrected chi connectivity index (χ0v) is 15.4. The van der Waals surface area contributed by atoms with Gasteiger partial charge >= 0.3 is 48.4 Å². The van der Waals surface area contributed by atoms with Crippen LogP contribution in [0.1, 0.15) is 44.4 Å². The number of hydrogen-bond acceptors (Lipinski definition) is 0. The zero-order chi connectivity index (χ0) is 11.4. The van der Waals surface area contributed by atoms with E-state index >= 15 is 0 Å².